The second-order valence-electron chi connectivity index (χ2n) is 3.40. The minimum atomic E-state index is -1.41. The van der Waals surface area contributed by atoms with E-state index >= 15 is 0 Å². The first-order valence-electron chi connectivity index (χ1n) is 3.39. The van der Waals surface area contributed by atoms with E-state index in [1.54, 1.807) is 0 Å². The van der Waals surface area contributed by atoms with E-state index in [0.29, 0.717) is 5.50 Å². The molecule has 0 saturated carbocycles. The summed E-state index contributed by atoms with van der Waals surface area (Å²) in [6.45, 7) is 6.49. The van der Waals surface area contributed by atoms with Gasteiger partial charge in [0.25, 0.3) is 0 Å². The molecule has 0 saturated heterocycles. The highest BCUT2D eigenvalue weighted by molar-refractivity contribution is 6.85. The predicted molar refractivity (Wildman–Crippen MR) is 50.3 cm³/mol. The Morgan fingerprint density at radius 1 is 1.50 bits per heavy atom. The van der Waals surface area contributed by atoms with E-state index in [4.69, 9.17) is 11.6 Å². The maximum absolute atomic E-state index is 12.1. The molecule has 0 aromatic carbocycles. The van der Waals surface area contributed by atoms with Crippen LogP contribution in [0.25, 0.3) is 0 Å². The molecule has 1 unspecified atom stereocenters. The van der Waals surface area contributed by atoms with Crippen molar-refractivity contribution in [2.24, 2.45) is 0 Å². The van der Waals surface area contributed by atoms with Crippen LogP contribution in [0.3, 0.4) is 0 Å². The lowest BCUT2D eigenvalue weighted by Crippen LogP contribution is -2.53. The van der Waals surface area contributed by atoms with Gasteiger partial charge in [0.05, 0.1) is 6.30 Å². The highest BCUT2D eigenvalue weighted by Crippen LogP contribution is 1.96. The Bertz CT molecular complexity index is 92.1. The van der Waals surface area contributed by atoms with E-state index in [0.717, 1.165) is 0 Å². The highest BCUT2D eigenvalue weighted by atomic mass is 35.5. The minimum Gasteiger partial charge on any atom is -0.359 e. The van der Waals surface area contributed by atoms with Gasteiger partial charge < -0.3 is 4.65 Å². The van der Waals surface area contributed by atoms with E-state index < -0.39 is 17.2 Å². The van der Waals surface area contributed by atoms with Crippen molar-refractivity contribution in [2.75, 3.05) is 11.8 Å². The molecule has 5 heteroatoms. The van der Waals surface area contributed by atoms with Crippen molar-refractivity contribution in [1.29, 1.82) is 0 Å². The van der Waals surface area contributed by atoms with Gasteiger partial charge in [0.2, 0.25) is 0 Å². The monoisotopic (exact) mass is 199 g/mol. The van der Waals surface area contributed by atoms with Crippen molar-refractivity contribution >= 4 is 28.8 Å². The summed E-state index contributed by atoms with van der Waals surface area (Å²) in [7, 11) is -2.68. The van der Waals surface area contributed by atoms with Crippen LogP contribution in [0.4, 0.5) is 4.39 Å². The van der Waals surface area contributed by atoms with Crippen LogP contribution in [0.1, 0.15) is 0 Å². The Labute approximate surface area is 69.7 Å². The van der Waals surface area contributed by atoms with Gasteiger partial charge in [-0.15, -0.1) is 11.6 Å². The molecule has 10 heavy (non-hydrogen) atoms. The zero-order chi connectivity index (χ0) is 8.20. The lowest BCUT2D eigenvalue weighted by atomic mass is 11.8. The van der Waals surface area contributed by atoms with Crippen LogP contribution >= 0.6 is 11.6 Å². The molecule has 0 amide bonds. The van der Waals surface area contributed by atoms with Crippen molar-refractivity contribution < 1.29 is 4.39 Å². The third-order valence-corrected chi connectivity index (χ3v) is 7.97. The second-order valence-corrected chi connectivity index (χ2v) is 12.0. The lowest BCUT2D eigenvalue weighted by molar-refractivity contribution is 0.585. The Morgan fingerprint density at radius 3 is 2.10 bits per heavy atom. The molecule has 0 aliphatic heterocycles. The van der Waals surface area contributed by atoms with Crippen molar-refractivity contribution in [2.45, 2.75) is 19.6 Å². The van der Waals surface area contributed by atoms with Crippen LogP contribution in [-0.4, -0.2) is 29.0 Å². The minimum absolute atomic E-state index is 0.228. The third-order valence-electron chi connectivity index (χ3n) is 1.01. The van der Waals surface area contributed by atoms with Gasteiger partial charge in [-0.05, 0) is 0 Å². The molecule has 0 heterocycles. The first-order chi connectivity index (χ1) is 4.49. The van der Waals surface area contributed by atoms with Crippen molar-refractivity contribution in [3.05, 3.63) is 0 Å². The Hall–Kier alpha value is 0.614. The molecule has 0 spiro atoms. The van der Waals surface area contributed by atoms with Crippen molar-refractivity contribution in [3.8, 4) is 0 Å². The topological polar surface area (TPSA) is 12.0 Å². The van der Waals surface area contributed by atoms with E-state index in [9.17, 15) is 4.39 Å². The average Bonchev–Trinajstić information content (AvgIpc) is 1.81. The standard InChI is InChI=1S/C5H15ClFNSi2/c1-10(2,3)8-9(4-6)5-7/h8-9H,4-5H2,1-3H3. The smallest absolute Gasteiger partial charge is 0.151 e. The first-order valence-corrected chi connectivity index (χ1v) is 9.63. The molecule has 0 radical (unpaired) electrons. The summed E-state index contributed by atoms with van der Waals surface area (Å²) >= 11 is 5.56. The molecule has 1 nitrogen and oxygen atoms in total. The molecular weight excluding hydrogens is 185 g/mol. The fourth-order valence-corrected chi connectivity index (χ4v) is 7.27. The summed E-state index contributed by atoms with van der Waals surface area (Å²) in [6.07, 6.45) is -0.228. The Balaban J connectivity index is 3.63. The van der Waals surface area contributed by atoms with Crippen LogP contribution < -0.4 is 4.65 Å². The molecule has 0 rings (SSSR count). The summed E-state index contributed by atoms with van der Waals surface area (Å²) < 4.78 is 15.5. The molecule has 0 aliphatic carbocycles. The summed E-state index contributed by atoms with van der Waals surface area (Å²) in [6, 6.07) is 0. The van der Waals surface area contributed by atoms with Crippen LogP contribution in [-0.2, 0) is 0 Å². The normalized spacial score (nSPS) is 15.3. The predicted octanol–water partition coefficient (Wildman–Crippen LogP) is 1.42. The molecule has 0 aromatic heterocycles. The zero-order valence-electron chi connectivity index (χ0n) is 6.75. The van der Waals surface area contributed by atoms with Gasteiger partial charge in [-0.1, -0.05) is 19.6 Å². The van der Waals surface area contributed by atoms with E-state index in [-0.39, 0.29) is 6.30 Å². The fourth-order valence-electron chi connectivity index (χ4n) is 0.731. The van der Waals surface area contributed by atoms with Crippen molar-refractivity contribution in [3.63, 3.8) is 0 Å². The van der Waals surface area contributed by atoms with Gasteiger partial charge in [-0.25, -0.2) is 0 Å². The van der Waals surface area contributed by atoms with Gasteiger partial charge in [0.1, 0.15) is 8.24 Å². The highest BCUT2D eigenvalue weighted by Gasteiger charge is 2.19. The van der Waals surface area contributed by atoms with Gasteiger partial charge in [-0.3, -0.25) is 4.39 Å². The molecule has 62 valence electrons. The average molecular weight is 200 g/mol. The molecule has 0 aliphatic rings. The maximum atomic E-state index is 12.1. The number of alkyl halides is 2. The molecule has 0 fully saturated rings. The van der Waals surface area contributed by atoms with Crippen molar-refractivity contribution in [1.82, 2.24) is 4.65 Å². The van der Waals surface area contributed by atoms with Gasteiger partial charge >= 0.3 is 0 Å². The SMILES string of the molecule is C[Si](C)(C)N[SiH](CF)CCl. The Kier molecular flexibility index (Phi) is 4.76. The molecular formula is C5H15ClFNSi2. The fraction of sp³-hybridized carbons (Fsp3) is 1.00. The number of rotatable bonds is 4. The summed E-state index contributed by atoms with van der Waals surface area (Å²) in [5, 5.41) is 0. The zero-order valence-corrected chi connectivity index (χ0v) is 9.66. The number of hydrogen-bond acceptors (Lipinski definition) is 1. The lowest BCUT2D eigenvalue weighted by Gasteiger charge is -2.22. The van der Waals surface area contributed by atoms with Gasteiger partial charge in [-0.2, -0.15) is 0 Å². The number of hydrogen-bond donors (Lipinski definition) is 1. The third kappa shape index (κ3) is 5.40. The summed E-state index contributed by atoms with van der Waals surface area (Å²) in [5.74, 6) is 0. The molecule has 0 bridgehead atoms. The van der Waals surface area contributed by atoms with Gasteiger partial charge in [0, 0.05) is 5.50 Å². The van der Waals surface area contributed by atoms with E-state index in [1.165, 1.54) is 0 Å². The second kappa shape index (κ2) is 4.48. The maximum Gasteiger partial charge on any atom is 0.151 e. The molecule has 1 atom stereocenters. The van der Waals surface area contributed by atoms with E-state index in [2.05, 4.69) is 24.3 Å². The number of nitrogens with one attached hydrogen (secondary N) is 1. The number of halogens is 2. The largest absolute Gasteiger partial charge is 0.359 e. The van der Waals surface area contributed by atoms with Crippen LogP contribution in [0.15, 0.2) is 0 Å². The summed E-state index contributed by atoms with van der Waals surface area (Å²) in [5.41, 5.74) is 0.501. The quantitative estimate of drug-likeness (QED) is 0.534. The molecule has 0 aromatic rings. The first kappa shape index (κ1) is 10.6. The van der Waals surface area contributed by atoms with Crippen LogP contribution in [0.5, 0.6) is 0 Å². The van der Waals surface area contributed by atoms with Gasteiger partial charge in [0.15, 0.2) is 8.96 Å². The van der Waals surface area contributed by atoms with E-state index in [1.807, 2.05) is 0 Å². The Morgan fingerprint density at radius 2 is 2.00 bits per heavy atom. The molecule has 1 N–H and O–H groups in total. The van der Waals surface area contributed by atoms with Crippen LogP contribution in [0, 0.1) is 0 Å². The summed E-state index contributed by atoms with van der Waals surface area (Å²) in [4.78, 5) is 0. The van der Waals surface area contributed by atoms with Crippen LogP contribution in [0.2, 0.25) is 19.6 Å².